The van der Waals surface area contributed by atoms with Gasteiger partial charge in [0.05, 0.1) is 31.7 Å². The summed E-state index contributed by atoms with van der Waals surface area (Å²) in [5.74, 6) is -0.105. The molecule has 1 unspecified atom stereocenters. The maximum absolute atomic E-state index is 10.5. The third kappa shape index (κ3) is 10.3. The molecule has 0 bridgehead atoms. The fourth-order valence-corrected chi connectivity index (χ4v) is 2.81. The lowest BCUT2D eigenvalue weighted by Gasteiger charge is -2.22. The molecule has 1 aliphatic rings. The van der Waals surface area contributed by atoms with Crippen LogP contribution in [0.1, 0.15) is 51.4 Å². The summed E-state index contributed by atoms with van der Waals surface area (Å²) in [7, 11) is -3.76. The minimum absolute atomic E-state index is 0.105. The Hall–Kier alpha value is -0.170. The van der Waals surface area contributed by atoms with Gasteiger partial charge in [0.2, 0.25) is 0 Å². The largest absolute Gasteiger partial charge is 0.376 e. The molecule has 19 heavy (non-hydrogen) atoms. The van der Waals surface area contributed by atoms with E-state index in [1.54, 1.807) is 0 Å². The molecule has 1 heterocycles. The summed E-state index contributed by atoms with van der Waals surface area (Å²) in [5, 5.41) is 0. The van der Waals surface area contributed by atoms with Gasteiger partial charge in [-0.1, -0.05) is 38.5 Å². The summed E-state index contributed by atoms with van der Waals surface area (Å²) in [6, 6.07) is 0. The van der Waals surface area contributed by atoms with E-state index >= 15 is 0 Å². The molecule has 1 atom stereocenters. The van der Waals surface area contributed by atoms with Crippen LogP contribution in [0.4, 0.5) is 0 Å². The van der Waals surface area contributed by atoms with E-state index in [1.807, 2.05) is 0 Å². The summed E-state index contributed by atoms with van der Waals surface area (Å²) < 4.78 is 40.4. The van der Waals surface area contributed by atoms with E-state index in [-0.39, 0.29) is 11.9 Å². The Labute approximate surface area is 116 Å². The van der Waals surface area contributed by atoms with Crippen molar-refractivity contribution in [2.75, 3.05) is 25.6 Å². The van der Waals surface area contributed by atoms with Gasteiger partial charge < -0.3 is 9.47 Å². The molecule has 1 N–H and O–H groups in total. The zero-order valence-corrected chi connectivity index (χ0v) is 12.4. The van der Waals surface area contributed by atoms with Crippen molar-refractivity contribution in [3.63, 3.8) is 0 Å². The van der Waals surface area contributed by atoms with Gasteiger partial charge in [-0.15, -0.1) is 0 Å². The SMILES string of the molecule is O=S(=O)(O)CCCCCCCCCC1COCCO1. The molecule has 0 aliphatic carbocycles. The van der Waals surface area contributed by atoms with Crippen LogP contribution in [0.15, 0.2) is 0 Å². The number of unbranched alkanes of at least 4 members (excludes halogenated alkanes) is 6. The predicted octanol–water partition coefficient (Wildman–Crippen LogP) is 2.41. The highest BCUT2D eigenvalue weighted by atomic mass is 32.2. The normalized spacial score (nSPS) is 20.6. The lowest BCUT2D eigenvalue weighted by molar-refractivity contribution is -0.0912. The Morgan fingerprint density at radius 3 is 2.16 bits per heavy atom. The van der Waals surface area contributed by atoms with Crippen molar-refractivity contribution in [3.8, 4) is 0 Å². The van der Waals surface area contributed by atoms with E-state index in [0.717, 1.165) is 45.5 Å². The zero-order chi connectivity index (χ0) is 14.0. The van der Waals surface area contributed by atoms with Crippen LogP contribution in [0.3, 0.4) is 0 Å². The molecule has 0 aromatic carbocycles. The molecular weight excluding hydrogens is 268 g/mol. The van der Waals surface area contributed by atoms with Gasteiger partial charge in [0.15, 0.2) is 0 Å². The van der Waals surface area contributed by atoms with Crippen molar-refractivity contribution in [2.24, 2.45) is 0 Å². The van der Waals surface area contributed by atoms with Crippen LogP contribution in [0, 0.1) is 0 Å². The molecule has 0 saturated carbocycles. The summed E-state index contributed by atoms with van der Waals surface area (Å²) in [4.78, 5) is 0. The first-order valence-corrected chi connectivity index (χ1v) is 8.83. The average molecular weight is 294 g/mol. The van der Waals surface area contributed by atoms with Gasteiger partial charge in [0, 0.05) is 0 Å². The van der Waals surface area contributed by atoms with Gasteiger partial charge >= 0.3 is 0 Å². The number of hydrogen-bond acceptors (Lipinski definition) is 4. The fraction of sp³-hybridized carbons (Fsp3) is 1.00. The summed E-state index contributed by atoms with van der Waals surface area (Å²) in [5.41, 5.74) is 0. The number of ether oxygens (including phenoxy) is 2. The molecule has 1 saturated heterocycles. The van der Waals surface area contributed by atoms with Crippen molar-refractivity contribution in [3.05, 3.63) is 0 Å². The quantitative estimate of drug-likeness (QED) is 0.495. The molecule has 0 aromatic heterocycles. The van der Waals surface area contributed by atoms with Crippen LogP contribution in [-0.2, 0) is 19.6 Å². The molecule has 1 rings (SSSR count). The Morgan fingerprint density at radius 1 is 0.947 bits per heavy atom. The molecule has 0 amide bonds. The van der Waals surface area contributed by atoms with E-state index < -0.39 is 10.1 Å². The Bertz CT molecular complexity index is 309. The van der Waals surface area contributed by atoms with Crippen molar-refractivity contribution >= 4 is 10.1 Å². The predicted molar refractivity (Wildman–Crippen MR) is 73.9 cm³/mol. The van der Waals surface area contributed by atoms with Crippen molar-refractivity contribution in [1.29, 1.82) is 0 Å². The smallest absolute Gasteiger partial charge is 0.264 e. The monoisotopic (exact) mass is 294 g/mol. The lowest BCUT2D eigenvalue weighted by atomic mass is 10.1. The van der Waals surface area contributed by atoms with Crippen molar-refractivity contribution in [2.45, 2.75) is 57.5 Å². The first-order chi connectivity index (χ1) is 9.08. The van der Waals surface area contributed by atoms with E-state index in [4.69, 9.17) is 14.0 Å². The summed E-state index contributed by atoms with van der Waals surface area (Å²) in [6.45, 7) is 2.17. The van der Waals surface area contributed by atoms with Crippen molar-refractivity contribution < 1.29 is 22.4 Å². The first-order valence-electron chi connectivity index (χ1n) is 7.22. The zero-order valence-electron chi connectivity index (χ0n) is 11.6. The molecule has 6 heteroatoms. The van der Waals surface area contributed by atoms with Crippen LogP contribution in [-0.4, -0.2) is 44.6 Å². The second kappa shape index (κ2) is 9.69. The van der Waals surface area contributed by atoms with Crippen LogP contribution < -0.4 is 0 Å². The third-order valence-corrected chi connectivity index (χ3v) is 4.12. The average Bonchev–Trinajstić information content (AvgIpc) is 2.37. The molecule has 0 spiro atoms. The molecule has 5 nitrogen and oxygen atoms in total. The van der Waals surface area contributed by atoms with Crippen LogP contribution in [0.2, 0.25) is 0 Å². The Morgan fingerprint density at radius 2 is 1.58 bits per heavy atom. The van der Waals surface area contributed by atoms with E-state index in [0.29, 0.717) is 6.42 Å². The molecule has 0 radical (unpaired) electrons. The van der Waals surface area contributed by atoms with Crippen LogP contribution in [0.5, 0.6) is 0 Å². The van der Waals surface area contributed by atoms with Gasteiger partial charge in [0.1, 0.15) is 0 Å². The highest BCUT2D eigenvalue weighted by Crippen LogP contribution is 2.13. The first kappa shape index (κ1) is 16.9. The minimum atomic E-state index is -3.76. The fourth-order valence-electron chi connectivity index (χ4n) is 2.24. The number of rotatable bonds is 10. The van der Waals surface area contributed by atoms with Gasteiger partial charge in [-0.2, -0.15) is 8.42 Å². The number of hydrogen-bond donors (Lipinski definition) is 1. The summed E-state index contributed by atoms with van der Waals surface area (Å²) in [6.07, 6.45) is 8.50. The standard InChI is InChI=1S/C13H26O5S/c14-19(15,16)11-7-5-3-1-2-4-6-8-13-12-17-9-10-18-13/h13H,1-12H2,(H,14,15,16). The lowest BCUT2D eigenvalue weighted by Crippen LogP contribution is -2.28. The minimum Gasteiger partial charge on any atom is -0.376 e. The van der Waals surface area contributed by atoms with Gasteiger partial charge in [-0.3, -0.25) is 4.55 Å². The summed E-state index contributed by atoms with van der Waals surface area (Å²) >= 11 is 0. The van der Waals surface area contributed by atoms with Crippen molar-refractivity contribution in [1.82, 2.24) is 0 Å². The molecule has 1 fully saturated rings. The third-order valence-electron chi connectivity index (χ3n) is 3.31. The van der Waals surface area contributed by atoms with Gasteiger partial charge in [0.25, 0.3) is 10.1 Å². The van der Waals surface area contributed by atoms with E-state index in [2.05, 4.69) is 0 Å². The molecule has 114 valence electrons. The van der Waals surface area contributed by atoms with Gasteiger partial charge in [-0.05, 0) is 12.8 Å². The van der Waals surface area contributed by atoms with Crippen LogP contribution >= 0.6 is 0 Å². The highest BCUT2D eigenvalue weighted by molar-refractivity contribution is 7.85. The topological polar surface area (TPSA) is 72.8 Å². The molecule has 0 aromatic rings. The molecular formula is C13H26O5S. The van der Waals surface area contributed by atoms with Gasteiger partial charge in [-0.25, -0.2) is 0 Å². The Kier molecular flexibility index (Phi) is 8.61. The second-order valence-corrected chi connectivity index (χ2v) is 6.69. The maximum Gasteiger partial charge on any atom is 0.264 e. The molecule has 1 aliphatic heterocycles. The maximum atomic E-state index is 10.5. The second-order valence-electron chi connectivity index (χ2n) is 5.12. The van der Waals surface area contributed by atoms with Crippen LogP contribution in [0.25, 0.3) is 0 Å². The van der Waals surface area contributed by atoms with E-state index in [1.165, 1.54) is 19.3 Å². The van der Waals surface area contributed by atoms with E-state index in [9.17, 15) is 8.42 Å². The highest BCUT2D eigenvalue weighted by Gasteiger charge is 2.13. The Balaban J connectivity index is 1.81.